The summed E-state index contributed by atoms with van der Waals surface area (Å²) in [5.41, 5.74) is 1.14. The van der Waals surface area contributed by atoms with Crippen molar-refractivity contribution >= 4 is 29.4 Å². The molecule has 1 aliphatic carbocycles. The standard InChI is InChI=1S/C27H36FN7O2/c1-32-11-13-34(14-12-32)22-8-7-19(15-21(22)28)31-26-30-17-18-16-27(9-10-29-24(27)36)25(37)35(23(18)33(26)2)20-5-3-4-6-20/h7-8,15,17,20,26,31H,3-6,9-14,16H2,1-2H3,(H,29,36). The summed E-state index contributed by atoms with van der Waals surface area (Å²) in [5.74, 6) is 0.312. The molecule has 198 valence electrons. The highest BCUT2D eigenvalue weighted by Crippen LogP contribution is 2.46. The number of nitrogens with zero attached hydrogens (tertiary/aromatic N) is 5. The van der Waals surface area contributed by atoms with Gasteiger partial charge in [-0.05, 0) is 44.5 Å². The van der Waals surface area contributed by atoms with Gasteiger partial charge in [0.1, 0.15) is 17.1 Å². The summed E-state index contributed by atoms with van der Waals surface area (Å²) in [6, 6.07) is 5.33. The van der Waals surface area contributed by atoms with Crippen molar-refractivity contribution < 1.29 is 14.0 Å². The van der Waals surface area contributed by atoms with Crippen molar-refractivity contribution in [3.63, 3.8) is 0 Å². The highest BCUT2D eigenvalue weighted by atomic mass is 19.1. The minimum absolute atomic E-state index is 0.0815. The number of halogens is 1. The molecule has 0 bridgehead atoms. The number of amides is 2. The fraction of sp³-hybridized carbons (Fsp3) is 0.593. The lowest BCUT2D eigenvalue weighted by Crippen LogP contribution is -2.59. The average molecular weight is 510 g/mol. The number of carbonyl (C=O) groups excluding carboxylic acids is 2. The van der Waals surface area contributed by atoms with Gasteiger partial charge in [0, 0.05) is 69.7 Å². The molecule has 1 saturated carbocycles. The maximum atomic E-state index is 15.1. The van der Waals surface area contributed by atoms with Gasteiger partial charge in [-0.25, -0.2) is 9.38 Å². The van der Waals surface area contributed by atoms with E-state index in [1.165, 1.54) is 6.07 Å². The molecule has 2 unspecified atom stereocenters. The van der Waals surface area contributed by atoms with Crippen LogP contribution in [-0.2, 0) is 9.59 Å². The lowest BCUT2D eigenvalue weighted by Gasteiger charge is -2.48. The van der Waals surface area contributed by atoms with Crippen LogP contribution in [0, 0.1) is 11.2 Å². The van der Waals surface area contributed by atoms with Crippen molar-refractivity contribution in [3.8, 4) is 0 Å². The summed E-state index contributed by atoms with van der Waals surface area (Å²) in [5, 5.41) is 6.23. The zero-order valence-electron chi connectivity index (χ0n) is 21.7. The molecule has 6 rings (SSSR count). The van der Waals surface area contributed by atoms with Gasteiger partial charge in [-0.3, -0.25) is 14.5 Å². The van der Waals surface area contributed by atoms with Crippen molar-refractivity contribution in [2.45, 2.75) is 50.9 Å². The third-order valence-electron chi connectivity index (χ3n) is 8.76. The van der Waals surface area contributed by atoms with Gasteiger partial charge in [0.15, 0.2) is 6.29 Å². The van der Waals surface area contributed by atoms with Gasteiger partial charge in [0.25, 0.3) is 0 Å². The minimum Gasteiger partial charge on any atom is -0.367 e. The molecule has 1 spiro atoms. The lowest BCUT2D eigenvalue weighted by atomic mass is 9.75. The molecule has 4 aliphatic heterocycles. The third kappa shape index (κ3) is 4.05. The minimum atomic E-state index is -1.03. The molecule has 2 N–H and O–H groups in total. The number of rotatable bonds is 4. The van der Waals surface area contributed by atoms with Gasteiger partial charge in [-0.2, -0.15) is 0 Å². The molecular formula is C27H36FN7O2. The Morgan fingerprint density at radius 3 is 2.54 bits per heavy atom. The van der Waals surface area contributed by atoms with Crippen molar-refractivity contribution in [1.29, 1.82) is 0 Å². The topological polar surface area (TPSA) is 83.5 Å². The van der Waals surface area contributed by atoms with Crippen LogP contribution in [0.1, 0.15) is 38.5 Å². The highest BCUT2D eigenvalue weighted by Gasteiger charge is 2.57. The van der Waals surface area contributed by atoms with Crippen LogP contribution in [0.15, 0.2) is 34.6 Å². The Bertz CT molecular complexity index is 1160. The molecule has 4 heterocycles. The number of aliphatic imine (C=N–C) groups is 1. The second kappa shape index (κ2) is 9.31. The lowest BCUT2D eigenvalue weighted by molar-refractivity contribution is -0.151. The number of hydrogen-bond acceptors (Lipinski definition) is 7. The predicted molar refractivity (Wildman–Crippen MR) is 141 cm³/mol. The Kier molecular flexibility index (Phi) is 6.09. The molecule has 2 saturated heterocycles. The molecule has 3 fully saturated rings. The number of anilines is 2. The highest BCUT2D eigenvalue weighted by molar-refractivity contribution is 6.09. The van der Waals surface area contributed by atoms with Crippen LogP contribution in [0.2, 0.25) is 0 Å². The molecule has 5 aliphatic rings. The van der Waals surface area contributed by atoms with E-state index in [0.29, 0.717) is 30.8 Å². The first kappa shape index (κ1) is 24.2. The number of nitrogens with one attached hydrogen (secondary N) is 2. The van der Waals surface area contributed by atoms with E-state index in [1.54, 1.807) is 0 Å². The first-order chi connectivity index (χ1) is 17.9. The van der Waals surface area contributed by atoms with Crippen LogP contribution in [0.25, 0.3) is 0 Å². The molecule has 10 heteroatoms. The normalized spacial score (nSPS) is 28.9. The largest absolute Gasteiger partial charge is 0.367 e. The Hall–Kier alpha value is -3.14. The van der Waals surface area contributed by atoms with E-state index >= 15 is 4.39 Å². The summed E-state index contributed by atoms with van der Waals surface area (Å²) in [6.07, 6.45) is 6.22. The van der Waals surface area contributed by atoms with Crippen LogP contribution in [-0.4, -0.2) is 91.9 Å². The van der Waals surface area contributed by atoms with Gasteiger partial charge >= 0.3 is 0 Å². The van der Waals surface area contributed by atoms with Crippen molar-refractivity contribution in [1.82, 2.24) is 20.0 Å². The van der Waals surface area contributed by atoms with E-state index in [-0.39, 0.29) is 23.7 Å². The quantitative estimate of drug-likeness (QED) is 0.606. The molecule has 0 radical (unpaired) electrons. The summed E-state index contributed by atoms with van der Waals surface area (Å²) in [6.45, 7) is 3.96. The van der Waals surface area contributed by atoms with Crippen molar-refractivity contribution in [2.75, 3.05) is 57.0 Å². The smallest absolute Gasteiger partial charge is 0.244 e. The number of piperazine rings is 1. The summed E-state index contributed by atoms with van der Waals surface area (Å²) >= 11 is 0. The van der Waals surface area contributed by atoms with E-state index < -0.39 is 11.7 Å². The fourth-order valence-corrected chi connectivity index (χ4v) is 6.57. The van der Waals surface area contributed by atoms with Gasteiger partial charge in [-0.15, -0.1) is 0 Å². The number of likely N-dealkylation sites (N-methyl/N-ethyl adjacent to an activating group) is 1. The molecule has 2 atom stereocenters. The van der Waals surface area contributed by atoms with Gasteiger partial charge in [0.05, 0.1) is 5.69 Å². The molecule has 1 aromatic carbocycles. The van der Waals surface area contributed by atoms with E-state index in [1.807, 2.05) is 35.2 Å². The number of carbonyl (C=O) groups is 2. The summed E-state index contributed by atoms with van der Waals surface area (Å²) in [7, 11) is 4.00. The maximum absolute atomic E-state index is 15.1. The molecule has 2 amide bonds. The van der Waals surface area contributed by atoms with Gasteiger partial charge in [-0.1, -0.05) is 12.8 Å². The van der Waals surface area contributed by atoms with E-state index in [4.69, 9.17) is 4.99 Å². The fourth-order valence-electron chi connectivity index (χ4n) is 6.57. The predicted octanol–water partition coefficient (Wildman–Crippen LogP) is 2.18. The van der Waals surface area contributed by atoms with Crippen LogP contribution in [0.4, 0.5) is 15.8 Å². The Balaban J connectivity index is 1.25. The van der Waals surface area contributed by atoms with Crippen molar-refractivity contribution in [3.05, 3.63) is 35.4 Å². The van der Waals surface area contributed by atoms with Crippen LogP contribution < -0.4 is 15.5 Å². The summed E-state index contributed by atoms with van der Waals surface area (Å²) in [4.78, 5) is 39.8. The molecule has 0 aromatic heterocycles. The number of hydrogen-bond donors (Lipinski definition) is 2. The Morgan fingerprint density at radius 2 is 1.86 bits per heavy atom. The Morgan fingerprint density at radius 1 is 1.11 bits per heavy atom. The zero-order chi connectivity index (χ0) is 25.7. The second-order valence-corrected chi connectivity index (χ2v) is 11.1. The van der Waals surface area contributed by atoms with E-state index in [9.17, 15) is 9.59 Å². The Labute approximate surface area is 217 Å². The monoisotopic (exact) mass is 509 g/mol. The SMILES string of the molecule is CN1CCN(c2ccc(NC3N=CC4=C(N3C)N(C3CCCC3)C(=O)C3(CCNC3=O)C4)cc2F)CC1. The first-order valence-electron chi connectivity index (χ1n) is 13.5. The van der Waals surface area contributed by atoms with Crippen LogP contribution >= 0.6 is 0 Å². The summed E-state index contributed by atoms with van der Waals surface area (Å²) < 4.78 is 15.1. The molecule has 1 aromatic rings. The average Bonchev–Trinajstić information content (AvgIpc) is 3.54. The zero-order valence-corrected chi connectivity index (χ0v) is 21.7. The van der Waals surface area contributed by atoms with Crippen LogP contribution in [0.3, 0.4) is 0 Å². The first-order valence-corrected chi connectivity index (χ1v) is 13.5. The molecular weight excluding hydrogens is 473 g/mol. The molecule has 37 heavy (non-hydrogen) atoms. The van der Waals surface area contributed by atoms with Crippen LogP contribution in [0.5, 0.6) is 0 Å². The number of allylic oxidation sites excluding steroid dienone is 1. The third-order valence-corrected chi connectivity index (χ3v) is 8.76. The molecule has 9 nitrogen and oxygen atoms in total. The van der Waals surface area contributed by atoms with Gasteiger partial charge in [0.2, 0.25) is 11.8 Å². The van der Waals surface area contributed by atoms with Gasteiger partial charge < -0.3 is 25.3 Å². The number of benzene rings is 1. The second-order valence-electron chi connectivity index (χ2n) is 11.1. The maximum Gasteiger partial charge on any atom is 0.244 e. The van der Waals surface area contributed by atoms with E-state index in [2.05, 4.69) is 27.5 Å². The van der Waals surface area contributed by atoms with Crippen molar-refractivity contribution in [2.24, 2.45) is 10.4 Å². The van der Waals surface area contributed by atoms with E-state index in [0.717, 1.165) is 63.3 Å².